The number of carbonyl (C=O) groups excluding carboxylic acids is 2. The number of hydrogen-bond donors (Lipinski definition) is 2. The van der Waals surface area contributed by atoms with Gasteiger partial charge in [0.2, 0.25) is 0 Å². The van der Waals surface area contributed by atoms with Crippen molar-refractivity contribution in [2.24, 2.45) is 11.7 Å². The number of rotatable bonds is 5. The number of primary amides is 1. The first-order valence-electron chi connectivity index (χ1n) is 7.74. The summed E-state index contributed by atoms with van der Waals surface area (Å²) in [6.45, 7) is 2.18. The quantitative estimate of drug-likeness (QED) is 0.806. The van der Waals surface area contributed by atoms with Gasteiger partial charge < -0.3 is 16.0 Å². The molecular formula is C16H20F3N3O2. The van der Waals surface area contributed by atoms with Crippen LogP contribution < -0.4 is 11.1 Å². The lowest BCUT2D eigenvalue weighted by Crippen LogP contribution is -2.43. The Morgan fingerprint density at radius 3 is 2.75 bits per heavy atom. The van der Waals surface area contributed by atoms with Crippen LogP contribution in [0.1, 0.15) is 28.8 Å². The molecule has 8 heteroatoms. The molecule has 0 aromatic heterocycles. The first-order valence-corrected chi connectivity index (χ1v) is 7.74. The Morgan fingerprint density at radius 2 is 2.08 bits per heavy atom. The molecule has 0 bridgehead atoms. The van der Waals surface area contributed by atoms with Crippen LogP contribution in [-0.2, 0) is 6.18 Å². The van der Waals surface area contributed by atoms with Crippen LogP contribution in [0.15, 0.2) is 24.3 Å². The Balaban J connectivity index is 2.00. The molecule has 0 spiro atoms. The first-order chi connectivity index (χ1) is 11.3. The maximum Gasteiger partial charge on any atom is 0.416 e. The summed E-state index contributed by atoms with van der Waals surface area (Å²) in [5, 5.41) is 2.48. The molecule has 5 nitrogen and oxygen atoms in total. The number of piperidine rings is 1. The highest BCUT2D eigenvalue weighted by Gasteiger charge is 2.32. The topological polar surface area (TPSA) is 75.4 Å². The molecule has 1 heterocycles. The number of ketones is 1. The van der Waals surface area contributed by atoms with Gasteiger partial charge in [0.25, 0.3) is 0 Å². The monoisotopic (exact) mass is 343 g/mol. The molecule has 1 saturated heterocycles. The number of nitrogens with one attached hydrogen (secondary N) is 1. The number of Topliss-reactive ketones (excluding diaryl/α,β-unsaturated/α-hetero) is 1. The van der Waals surface area contributed by atoms with E-state index < -0.39 is 17.8 Å². The van der Waals surface area contributed by atoms with Gasteiger partial charge in [-0.2, -0.15) is 13.2 Å². The van der Waals surface area contributed by atoms with Crippen LogP contribution in [-0.4, -0.2) is 42.9 Å². The molecule has 2 rings (SSSR count). The van der Waals surface area contributed by atoms with E-state index in [0.29, 0.717) is 26.1 Å². The average molecular weight is 343 g/mol. The Labute approximate surface area is 138 Å². The largest absolute Gasteiger partial charge is 0.416 e. The van der Waals surface area contributed by atoms with Gasteiger partial charge in [0, 0.05) is 31.1 Å². The first kappa shape index (κ1) is 18.3. The highest BCUT2D eigenvalue weighted by molar-refractivity contribution is 5.98. The fourth-order valence-corrected chi connectivity index (χ4v) is 2.89. The number of likely N-dealkylation sites (tertiary alicyclic amines) is 1. The number of urea groups is 1. The van der Waals surface area contributed by atoms with Crippen molar-refractivity contribution in [1.29, 1.82) is 0 Å². The molecule has 1 fully saturated rings. The minimum absolute atomic E-state index is 0.0898. The third kappa shape index (κ3) is 4.95. The number of carbonyl (C=O) groups is 2. The van der Waals surface area contributed by atoms with Crippen LogP contribution in [0, 0.1) is 5.92 Å². The minimum atomic E-state index is -4.46. The van der Waals surface area contributed by atoms with Crippen molar-refractivity contribution < 1.29 is 22.8 Å². The van der Waals surface area contributed by atoms with Crippen molar-refractivity contribution in [2.45, 2.75) is 19.0 Å². The molecule has 1 aromatic rings. The van der Waals surface area contributed by atoms with E-state index in [2.05, 4.69) is 5.32 Å². The number of halogens is 3. The highest BCUT2D eigenvalue weighted by Crippen LogP contribution is 2.30. The summed E-state index contributed by atoms with van der Waals surface area (Å²) in [5.74, 6) is -0.607. The molecule has 132 valence electrons. The zero-order valence-corrected chi connectivity index (χ0v) is 13.1. The molecule has 1 aliphatic rings. The normalized spacial score (nSPS) is 19.0. The fraction of sp³-hybridized carbons (Fsp3) is 0.500. The van der Waals surface area contributed by atoms with Crippen molar-refractivity contribution in [2.75, 3.05) is 26.2 Å². The van der Waals surface area contributed by atoms with E-state index in [1.807, 2.05) is 4.90 Å². The van der Waals surface area contributed by atoms with Crippen molar-refractivity contribution in [1.82, 2.24) is 10.2 Å². The van der Waals surface area contributed by atoms with E-state index in [1.54, 1.807) is 0 Å². The van der Waals surface area contributed by atoms with E-state index in [4.69, 9.17) is 5.73 Å². The molecule has 0 unspecified atom stereocenters. The lowest BCUT2D eigenvalue weighted by atomic mass is 9.89. The van der Waals surface area contributed by atoms with E-state index >= 15 is 0 Å². The summed E-state index contributed by atoms with van der Waals surface area (Å²) in [7, 11) is 0. The van der Waals surface area contributed by atoms with Gasteiger partial charge in [0.15, 0.2) is 5.78 Å². The standard InChI is InChI=1S/C16H20F3N3O2/c17-16(18,19)13-5-1-3-11(9-13)14(23)12-4-2-7-22(10-12)8-6-21-15(20)24/h1,3,5,9,12H,2,4,6-8,10H2,(H3,20,21,24)/t12-/m0/s1. The number of benzene rings is 1. The van der Waals surface area contributed by atoms with Crippen molar-refractivity contribution in [3.05, 3.63) is 35.4 Å². The van der Waals surface area contributed by atoms with Crippen LogP contribution in [0.3, 0.4) is 0 Å². The molecule has 2 amide bonds. The second-order valence-electron chi connectivity index (χ2n) is 5.87. The van der Waals surface area contributed by atoms with Gasteiger partial charge in [-0.25, -0.2) is 4.79 Å². The molecule has 3 N–H and O–H groups in total. The van der Waals surface area contributed by atoms with Crippen molar-refractivity contribution >= 4 is 11.8 Å². The minimum Gasteiger partial charge on any atom is -0.352 e. The van der Waals surface area contributed by atoms with Gasteiger partial charge in [0.05, 0.1) is 5.56 Å². The third-order valence-electron chi connectivity index (χ3n) is 4.08. The van der Waals surface area contributed by atoms with E-state index in [9.17, 15) is 22.8 Å². The molecule has 0 aliphatic carbocycles. The van der Waals surface area contributed by atoms with Crippen LogP contribution in [0.25, 0.3) is 0 Å². The summed E-state index contributed by atoms with van der Waals surface area (Å²) in [5.41, 5.74) is 4.27. The SMILES string of the molecule is NC(=O)NCCN1CCC[C@H](C(=O)c2cccc(C(F)(F)F)c2)C1. The molecule has 1 aliphatic heterocycles. The molecule has 0 radical (unpaired) electrons. The summed E-state index contributed by atoms with van der Waals surface area (Å²) in [6.07, 6.45) is -3.03. The fourth-order valence-electron chi connectivity index (χ4n) is 2.89. The maximum absolute atomic E-state index is 12.8. The number of alkyl halides is 3. The van der Waals surface area contributed by atoms with Gasteiger partial charge in [-0.3, -0.25) is 4.79 Å². The predicted octanol–water partition coefficient (Wildman–Crippen LogP) is 2.27. The maximum atomic E-state index is 12.8. The Kier molecular flexibility index (Phi) is 5.82. The number of nitrogens with zero attached hydrogens (tertiary/aromatic N) is 1. The number of hydrogen-bond acceptors (Lipinski definition) is 3. The lowest BCUT2D eigenvalue weighted by Gasteiger charge is -2.32. The van der Waals surface area contributed by atoms with Gasteiger partial charge >= 0.3 is 12.2 Å². The smallest absolute Gasteiger partial charge is 0.352 e. The Bertz CT molecular complexity index is 604. The molecular weight excluding hydrogens is 323 g/mol. The molecule has 0 saturated carbocycles. The van der Waals surface area contributed by atoms with Gasteiger partial charge in [-0.05, 0) is 31.5 Å². The average Bonchev–Trinajstić information content (AvgIpc) is 2.53. The lowest BCUT2D eigenvalue weighted by molar-refractivity contribution is -0.137. The highest BCUT2D eigenvalue weighted by atomic mass is 19.4. The third-order valence-corrected chi connectivity index (χ3v) is 4.08. The van der Waals surface area contributed by atoms with Crippen LogP contribution in [0.2, 0.25) is 0 Å². The summed E-state index contributed by atoms with van der Waals surface area (Å²) < 4.78 is 38.3. The van der Waals surface area contributed by atoms with E-state index in [0.717, 1.165) is 25.1 Å². The van der Waals surface area contributed by atoms with E-state index in [1.165, 1.54) is 12.1 Å². The molecule has 24 heavy (non-hydrogen) atoms. The van der Waals surface area contributed by atoms with Gasteiger partial charge in [-0.15, -0.1) is 0 Å². The predicted molar refractivity (Wildman–Crippen MR) is 82.5 cm³/mol. The second-order valence-corrected chi connectivity index (χ2v) is 5.87. The number of amides is 2. The Morgan fingerprint density at radius 1 is 1.33 bits per heavy atom. The Hall–Kier alpha value is -2.09. The van der Waals surface area contributed by atoms with Gasteiger partial charge in [0.1, 0.15) is 0 Å². The van der Waals surface area contributed by atoms with Crippen molar-refractivity contribution in [3.8, 4) is 0 Å². The second kappa shape index (κ2) is 7.65. The molecule has 1 atom stereocenters. The summed E-state index contributed by atoms with van der Waals surface area (Å²) in [4.78, 5) is 25.2. The van der Waals surface area contributed by atoms with Crippen LogP contribution in [0.5, 0.6) is 0 Å². The summed E-state index contributed by atoms with van der Waals surface area (Å²) >= 11 is 0. The van der Waals surface area contributed by atoms with E-state index in [-0.39, 0.29) is 17.3 Å². The van der Waals surface area contributed by atoms with Gasteiger partial charge in [-0.1, -0.05) is 12.1 Å². The van der Waals surface area contributed by atoms with Crippen LogP contribution >= 0.6 is 0 Å². The van der Waals surface area contributed by atoms with Crippen molar-refractivity contribution in [3.63, 3.8) is 0 Å². The molecule has 1 aromatic carbocycles. The zero-order valence-electron chi connectivity index (χ0n) is 13.1. The van der Waals surface area contributed by atoms with Crippen LogP contribution in [0.4, 0.5) is 18.0 Å². The zero-order chi connectivity index (χ0) is 17.7. The number of nitrogens with two attached hydrogens (primary N) is 1. The summed E-state index contributed by atoms with van der Waals surface area (Å²) in [6, 6.07) is 3.94.